The van der Waals surface area contributed by atoms with Crippen LogP contribution in [-0.2, 0) is 16.0 Å². The van der Waals surface area contributed by atoms with Gasteiger partial charge in [-0.05, 0) is 17.7 Å². The highest BCUT2D eigenvalue weighted by Gasteiger charge is 2.45. The molecule has 0 aliphatic carbocycles. The van der Waals surface area contributed by atoms with Gasteiger partial charge < -0.3 is 4.74 Å². The van der Waals surface area contributed by atoms with E-state index < -0.39 is 0 Å². The number of carbonyl (C=O) groups excluding carboxylic acids is 1. The molecule has 1 aromatic rings. The van der Waals surface area contributed by atoms with E-state index in [0.29, 0.717) is 0 Å². The molecule has 0 spiro atoms. The van der Waals surface area contributed by atoms with Gasteiger partial charge in [-0.1, -0.05) is 12.1 Å². The lowest BCUT2D eigenvalue weighted by atomic mass is 10.1. The number of hydrogen-bond donors (Lipinski definition) is 1. The van der Waals surface area contributed by atoms with Crippen LogP contribution < -0.4 is 0 Å². The molecule has 0 aromatic heterocycles. The van der Waals surface area contributed by atoms with E-state index >= 15 is 0 Å². The van der Waals surface area contributed by atoms with Crippen LogP contribution in [0.15, 0.2) is 24.3 Å². The highest BCUT2D eigenvalue weighted by molar-refractivity contribution is 7.99. The molecule has 0 saturated carbocycles. The summed E-state index contributed by atoms with van der Waals surface area (Å²) in [6.45, 7) is 0. The summed E-state index contributed by atoms with van der Waals surface area (Å²) in [5.41, 5.74) is 0.744. The predicted octanol–water partition coefficient (Wildman–Crippen LogP) is 1.65. The van der Waals surface area contributed by atoms with E-state index in [-0.39, 0.29) is 36.3 Å². The molecule has 2 saturated heterocycles. The van der Waals surface area contributed by atoms with Crippen LogP contribution in [0.3, 0.4) is 0 Å². The van der Waals surface area contributed by atoms with Crippen LogP contribution in [0.1, 0.15) is 5.56 Å². The fraction of sp³-hybridized carbons (Fsp3) is 0.385. The van der Waals surface area contributed by atoms with E-state index in [1.54, 1.807) is 23.9 Å². The molecule has 2 aliphatic heterocycles. The van der Waals surface area contributed by atoms with E-state index in [2.05, 4.69) is 0 Å². The van der Waals surface area contributed by atoms with Gasteiger partial charge in [0.05, 0.1) is 12.5 Å². The third kappa shape index (κ3) is 2.32. The Morgan fingerprint density at radius 3 is 2.89 bits per heavy atom. The maximum Gasteiger partial charge on any atom is 0.292 e. The van der Waals surface area contributed by atoms with Gasteiger partial charge >= 0.3 is 0 Å². The number of ether oxygens (including phenoxy) is 1. The number of fused-ring (bicyclic) bond motifs is 1. The Morgan fingerprint density at radius 1 is 1.42 bits per heavy atom. The van der Waals surface area contributed by atoms with Crippen molar-refractivity contribution in [2.75, 3.05) is 11.5 Å². The standard InChI is InChI=1S/C13H13FN2O2S/c14-9-3-1-8(2-4-9)5-12(17)16-10-6-19-7-11(10)18-13(16)15/h1-4,10-11,15H,5-7H2/t10-,11-/m1/s1. The first-order chi connectivity index (χ1) is 9.15. The number of rotatable bonds is 2. The van der Waals surface area contributed by atoms with Crippen molar-refractivity contribution < 1.29 is 13.9 Å². The van der Waals surface area contributed by atoms with Crippen molar-refractivity contribution in [3.63, 3.8) is 0 Å². The molecule has 0 unspecified atom stereocenters. The van der Waals surface area contributed by atoms with Crippen LogP contribution in [0.25, 0.3) is 0 Å². The van der Waals surface area contributed by atoms with Crippen molar-refractivity contribution in [2.24, 2.45) is 0 Å². The summed E-state index contributed by atoms with van der Waals surface area (Å²) in [6, 6.07) is 5.78. The summed E-state index contributed by atoms with van der Waals surface area (Å²) in [6.07, 6.45) is 0.120. The Bertz CT molecular complexity index is 520. The van der Waals surface area contributed by atoms with Gasteiger partial charge in [-0.3, -0.25) is 15.1 Å². The topological polar surface area (TPSA) is 53.4 Å². The molecule has 1 N–H and O–H groups in total. The molecule has 2 aliphatic rings. The van der Waals surface area contributed by atoms with E-state index in [4.69, 9.17) is 10.1 Å². The lowest BCUT2D eigenvalue weighted by Crippen LogP contribution is -2.42. The van der Waals surface area contributed by atoms with E-state index in [1.807, 2.05) is 0 Å². The first-order valence-electron chi connectivity index (χ1n) is 6.04. The van der Waals surface area contributed by atoms with Gasteiger partial charge in [-0.2, -0.15) is 11.8 Å². The Morgan fingerprint density at radius 2 is 2.16 bits per heavy atom. The predicted molar refractivity (Wildman–Crippen MR) is 70.7 cm³/mol. The van der Waals surface area contributed by atoms with Crippen LogP contribution in [0, 0.1) is 11.2 Å². The molecule has 3 rings (SSSR count). The summed E-state index contributed by atoms with van der Waals surface area (Å²) in [5.74, 6) is 1.16. The minimum atomic E-state index is -0.319. The van der Waals surface area contributed by atoms with Gasteiger partial charge in [0.1, 0.15) is 11.9 Å². The molecular formula is C13H13FN2O2S. The average Bonchev–Trinajstić information content (AvgIpc) is 2.91. The van der Waals surface area contributed by atoms with Crippen molar-refractivity contribution in [3.8, 4) is 0 Å². The molecule has 2 fully saturated rings. The van der Waals surface area contributed by atoms with Crippen molar-refractivity contribution >= 4 is 23.7 Å². The zero-order valence-corrected chi connectivity index (χ0v) is 11.0. The largest absolute Gasteiger partial charge is 0.459 e. The first kappa shape index (κ1) is 12.5. The smallest absolute Gasteiger partial charge is 0.292 e. The SMILES string of the molecule is N=C1O[C@@H]2CSC[C@H]2N1C(=O)Cc1ccc(F)cc1. The van der Waals surface area contributed by atoms with Crippen molar-refractivity contribution in [2.45, 2.75) is 18.6 Å². The highest BCUT2D eigenvalue weighted by atomic mass is 32.2. The van der Waals surface area contributed by atoms with E-state index in [0.717, 1.165) is 17.1 Å². The summed E-state index contributed by atoms with van der Waals surface area (Å²) in [5, 5.41) is 7.75. The molecular weight excluding hydrogens is 267 g/mol. The van der Waals surface area contributed by atoms with Gasteiger partial charge in [0.25, 0.3) is 6.02 Å². The number of nitrogens with zero attached hydrogens (tertiary/aromatic N) is 1. The number of halogens is 1. The number of hydrogen-bond acceptors (Lipinski definition) is 4. The third-order valence-corrected chi connectivity index (χ3v) is 4.49. The molecule has 1 aromatic carbocycles. The second-order valence-electron chi connectivity index (χ2n) is 4.63. The Hall–Kier alpha value is -1.56. The average molecular weight is 280 g/mol. The Balaban J connectivity index is 1.73. The molecule has 0 bridgehead atoms. The Kier molecular flexibility index (Phi) is 3.18. The molecule has 0 radical (unpaired) electrons. The number of benzene rings is 1. The number of nitrogens with one attached hydrogen (secondary N) is 1. The van der Waals surface area contributed by atoms with Crippen molar-refractivity contribution in [1.82, 2.24) is 4.90 Å². The summed E-state index contributed by atoms with van der Waals surface area (Å²) < 4.78 is 18.2. The van der Waals surface area contributed by atoms with Crippen molar-refractivity contribution in [1.29, 1.82) is 5.41 Å². The second kappa shape index (κ2) is 4.85. The van der Waals surface area contributed by atoms with E-state index in [9.17, 15) is 9.18 Å². The second-order valence-corrected chi connectivity index (χ2v) is 5.71. The molecule has 1 amide bonds. The normalized spacial score (nSPS) is 25.3. The van der Waals surface area contributed by atoms with Gasteiger partial charge in [0.2, 0.25) is 5.91 Å². The Labute approximate surface area is 114 Å². The van der Waals surface area contributed by atoms with Crippen LogP contribution in [0.4, 0.5) is 4.39 Å². The lowest BCUT2D eigenvalue weighted by molar-refractivity contribution is -0.127. The van der Waals surface area contributed by atoms with Crippen LogP contribution in [-0.4, -0.2) is 40.5 Å². The lowest BCUT2D eigenvalue weighted by Gasteiger charge is -2.19. The third-order valence-electron chi connectivity index (χ3n) is 3.35. The molecule has 19 heavy (non-hydrogen) atoms. The van der Waals surface area contributed by atoms with E-state index in [1.165, 1.54) is 17.0 Å². The number of amidine groups is 1. The molecule has 100 valence electrons. The van der Waals surface area contributed by atoms with Crippen molar-refractivity contribution in [3.05, 3.63) is 35.6 Å². The van der Waals surface area contributed by atoms with Gasteiger partial charge in [-0.15, -0.1) is 0 Å². The van der Waals surface area contributed by atoms with Gasteiger partial charge in [-0.25, -0.2) is 4.39 Å². The first-order valence-corrected chi connectivity index (χ1v) is 7.20. The highest BCUT2D eigenvalue weighted by Crippen LogP contribution is 2.31. The zero-order chi connectivity index (χ0) is 13.4. The number of thioether (sulfide) groups is 1. The monoisotopic (exact) mass is 280 g/mol. The number of amides is 1. The summed E-state index contributed by atoms with van der Waals surface area (Å²) >= 11 is 1.73. The minimum Gasteiger partial charge on any atom is -0.459 e. The summed E-state index contributed by atoms with van der Waals surface area (Å²) in [7, 11) is 0. The minimum absolute atomic E-state index is 0.0227. The van der Waals surface area contributed by atoms with Crippen LogP contribution >= 0.6 is 11.8 Å². The maximum atomic E-state index is 12.8. The van der Waals surface area contributed by atoms with Gasteiger partial charge in [0.15, 0.2) is 0 Å². The fourth-order valence-corrected chi connectivity index (χ4v) is 3.65. The number of carbonyl (C=O) groups is 1. The zero-order valence-electron chi connectivity index (χ0n) is 10.1. The quantitative estimate of drug-likeness (QED) is 0.896. The van der Waals surface area contributed by atoms with Crippen LogP contribution in [0.2, 0.25) is 0 Å². The van der Waals surface area contributed by atoms with Crippen LogP contribution in [0.5, 0.6) is 0 Å². The van der Waals surface area contributed by atoms with Gasteiger partial charge in [0, 0.05) is 11.5 Å². The molecule has 4 nitrogen and oxygen atoms in total. The fourth-order valence-electron chi connectivity index (χ4n) is 2.39. The molecule has 6 heteroatoms. The molecule has 2 atom stereocenters. The summed E-state index contributed by atoms with van der Waals surface area (Å²) in [4.78, 5) is 13.7. The maximum absolute atomic E-state index is 12.8. The molecule has 2 heterocycles.